The van der Waals surface area contributed by atoms with Crippen LogP contribution in [0.25, 0.3) is 0 Å². The summed E-state index contributed by atoms with van der Waals surface area (Å²) in [6, 6.07) is -0.953. The van der Waals surface area contributed by atoms with Crippen LogP contribution in [0.4, 0.5) is 0 Å². The van der Waals surface area contributed by atoms with E-state index in [4.69, 9.17) is 30.5 Å². The minimum atomic E-state index is -1.11. The van der Waals surface area contributed by atoms with Crippen LogP contribution in [0.2, 0.25) is 0 Å². The van der Waals surface area contributed by atoms with Crippen molar-refractivity contribution < 1.29 is 38.1 Å². The average Bonchev–Trinajstić information content (AvgIpc) is 2.42. The zero-order valence-electron chi connectivity index (χ0n) is 13.7. The molecule has 0 saturated carbocycles. The molecule has 1 aliphatic heterocycles. The van der Waals surface area contributed by atoms with E-state index in [2.05, 4.69) is 5.32 Å². The lowest BCUT2D eigenvalue weighted by molar-refractivity contribution is -0.212. The molecular formula is C14H20ClNO8. The highest BCUT2D eigenvalue weighted by atomic mass is 35.5. The van der Waals surface area contributed by atoms with E-state index in [0.29, 0.717) is 0 Å². The lowest BCUT2D eigenvalue weighted by Crippen LogP contribution is -2.64. The van der Waals surface area contributed by atoms with E-state index in [1.807, 2.05) is 0 Å². The third kappa shape index (κ3) is 5.97. The SMILES string of the molecule is CC(=O)NC1C(Cl)OC(COC(C)=O)[C@@H](OC(C)=O)[C@@H]1OC(C)=O. The van der Waals surface area contributed by atoms with Gasteiger partial charge < -0.3 is 24.3 Å². The van der Waals surface area contributed by atoms with E-state index in [1.54, 1.807) is 0 Å². The van der Waals surface area contributed by atoms with Gasteiger partial charge in [0, 0.05) is 27.7 Å². The second kappa shape index (κ2) is 8.84. The lowest BCUT2D eigenvalue weighted by atomic mass is 9.97. The molecule has 0 aromatic carbocycles. The highest BCUT2D eigenvalue weighted by Crippen LogP contribution is 2.28. The van der Waals surface area contributed by atoms with E-state index in [1.165, 1.54) is 13.8 Å². The number of halogens is 1. The summed E-state index contributed by atoms with van der Waals surface area (Å²) in [4.78, 5) is 45.2. The van der Waals surface area contributed by atoms with Crippen molar-refractivity contribution >= 4 is 35.4 Å². The summed E-state index contributed by atoms with van der Waals surface area (Å²) >= 11 is 6.11. The van der Waals surface area contributed by atoms with Crippen LogP contribution in [-0.4, -0.2) is 60.3 Å². The van der Waals surface area contributed by atoms with Gasteiger partial charge in [-0.05, 0) is 0 Å². The van der Waals surface area contributed by atoms with Crippen LogP contribution in [0.15, 0.2) is 0 Å². The van der Waals surface area contributed by atoms with E-state index >= 15 is 0 Å². The number of hydrogen-bond donors (Lipinski definition) is 1. The molecule has 1 aliphatic rings. The second-order valence-electron chi connectivity index (χ2n) is 5.20. The Morgan fingerprint density at radius 2 is 1.50 bits per heavy atom. The van der Waals surface area contributed by atoms with Gasteiger partial charge in [-0.1, -0.05) is 11.6 Å². The lowest BCUT2D eigenvalue weighted by Gasteiger charge is -2.43. The second-order valence-corrected chi connectivity index (χ2v) is 5.63. The molecule has 1 heterocycles. The van der Waals surface area contributed by atoms with Crippen molar-refractivity contribution in [1.29, 1.82) is 0 Å². The molecular weight excluding hydrogens is 346 g/mol. The molecule has 1 rings (SSSR count). The number of hydrogen-bond acceptors (Lipinski definition) is 8. The molecule has 0 aromatic rings. The largest absolute Gasteiger partial charge is 0.463 e. The molecule has 1 saturated heterocycles. The molecule has 10 heteroatoms. The molecule has 1 fully saturated rings. The van der Waals surface area contributed by atoms with Gasteiger partial charge in [-0.3, -0.25) is 19.2 Å². The summed E-state index contributed by atoms with van der Waals surface area (Å²) in [6.45, 7) is 4.51. The number of ether oxygens (including phenoxy) is 4. The zero-order valence-corrected chi connectivity index (χ0v) is 14.5. The van der Waals surface area contributed by atoms with E-state index < -0.39 is 53.7 Å². The monoisotopic (exact) mass is 365 g/mol. The molecule has 136 valence electrons. The fourth-order valence-corrected chi connectivity index (χ4v) is 2.62. The number of rotatable bonds is 5. The molecule has 0 bridgehead atoms. The van der Waals surface area contributed by atoms with Crippen LogP contribution in [0.3, 0.4) is 0 Å². The Labute approximate surface area is 143 Å². The van der Waals surface area contributed by atoms with Gasteiger partial charge in [-0.25, -0.2) is 0 Å². The van der Waals surface area contributed by atoms with Crippen molar-refractivity contribution in [3.05, 3.63) is 0 Å². The number of carbonyl (C=O) groups is 4. The maximum atomic E-state index is 11.4. The van der Waals surface area contributed by atoms with Gasteiger partial charge in [-0.15, -0.1) is 0 Å². The zero-order chi connectivity index (χ0) is 18.4. The van der Waals surface area contributed by atoms with Gasteiger partial charge in [0.25, 0.3) is 0 Å². The average molecular weight is 366 g/mol. The first kappa shape index (κ1) is 20.2. The highest BCUT2D eigenvalue weighted by Gasteiger charge is 2.50. The van der Waals surface area contributed by atoms with Crippen LogP contribution < -0.4 is 5.32 Å². The summed E-state index contributed by atoms with van der Waals surface area (Å²) in [6.07, 6.45) is -3.18. The third-order valence-electron chi connectivity index (χ3n) is 3.06. The van der Waals surface area contributed by atoms with Gasteiger partial charge in [0.1, 0.15) is 18.8 Å². The maximum absolute atomic E-state index is 11.4. The first-order valence-corrected chi connectivity index (χ1v) is 7.60. The fourth-order valence-electron chi connectivity index (χ4n) is 2.28. The van der Waals surface area contributed by atoms with Gasteiger partial charge in [0.05, 0.1) is 0 Å². The first-order valence-electron chi connectivity index (χ1n) is 7.16. The molecule has 1 amide bonds. The van der Waals surface area contributed by atoms with E-state index in [9.17, 15) is 19.2 Å². The standard InChI is InChI=1S/C14H20ClNO8/c1-6(17)16-11-13(23-9(4)20)12(22-8(3)19)10(24-14(11)15)5-21-7(2)18/h10-14H,5H2,1-4H3,(H,16,17)/t10?,11?,12-,13-,14?/m1/s1. The van der Waals surface area contributed by atoms with Crippen molar-refractivity contribution in [1.82, 2.24) is 5.32 Å². The van der Waals surface area contributed by atoms with Crippen molar-refractivity contribution in [2.24, 2.45) is 0 Å². The Morgan fingerprint density at radius 3 is 1.96 bits per heavy atom. The Bertz CT molecular complexity index is 511. The van der Waals surface area contributed by atoms with E-state index in [0.717, 1.165) is 13.8 Å². The smallest absolute Gasteiger partial charge is 0.303 e. The van der Waals surface area contributed by atoms with E-state index in [-0.39, 0.29) is 6.61 Å². The van der Waals surface area contributed by atoms with Crippen LogP contribution in [-0.2, 0) is 38.1 Å². The number of carbonyl (C=O) groups excluding carboxylic acids is 4. The molecule has 1 N–H and O–H groups in total. The first-order chi connectivity index (χ1) is 11.1. The summed E-state index contributed by atoms with van der Waals surface area (Å²) < 4.78 is 20.7. The van der Waals surface area contributed by atoms with Crippen LogP contribution in [0.1, 0.15) is 27.7 Å². The summed E-state index contributed by atoms with van der Waals surface area (Å²) in [5.74, 6) is -2.33. The van der Waals surface area contributed by atoms with Gasteiger partial charge in [0.2, 0.25) is 5.91 Å². The van der Waals surface area contributed by atoms with Gasteiger partial charge in [-0.2, -0.15) is 0 Å². The number of esters is 3. The fraction of sp³-hybridized carbons (Fsp3) is 0.714. The molecule has 9 nitrogen and oxygen atoms in total. The predicted octanol–water partition coefficient (Wildman–Crippen LogP) is -0.119. The molecule has 24 heavy (non-hydrogen) atoms. The Morgan fingerprint density at radius 1 is 0.958 bits per heavy atom. The van der Waals surface area contributed by atoms with Crippen LogP contribution >= 0.6 is 11.6 Å². The van der Waals surface area contributed by atoms with Crippen LogP contribution in [0.5, 0.6) is 0 Å². The van der Waals surface area contributed by atoms with Crippen molar-refractivity contribution in [2.45, 2.75) is 57.6 Å². The quantitative estimate of drug-likeness (QED) is 0.407. The van der Waals surface area contributed by atoms with Crippen molar-refractivity contribution in [3.63, 3.8) is 0 Å². The predicted molar refractivity (Wildman–Crippen MR) is 79.9 cm³/mol. The van der Waals surface area contributed by atoms with Crippen molar-refractivity contribution in [2.75, 3.05) is 6.61 Å². The number of nitrogens with one attached hydrogen (secondary N) is 1. The maximum Gasteiger partial charge on any atom is 0.303 e. The number of amides is 1. The Kier molecular flexibility index (Phi) is 7.43. The summed E-state index contributed by atoms with van der Waals surface area (Å²) in [7, 11) is 0. The molecule has 0 aromatic heterocycles. The molecule has 0 spiro atoms. The number of alkyl halides is 1. The van der Waals surface area contributed by atoms with Crippen molar-refractivity contribution in [3.8, 4) is 0 Å². The molecule has 5 atom stereocenters. The van der Waals surface area contributed by atoms with Gasteiger partial charge in [0.15, 0.2) is 17.8 Å². The topological polar surface area (TPSA) is 117 Å². The minimum Gasteiger partial charge on any atom is -0.463 e. The normalized spacial score (nSPS) is 29.3. The minimum absolute atomic E-state index is 0.263. The summed E-state index contributed by atoms with van der Waals surface area (Å²) in [5, 5.41) is 2.50. The van der Waals surface area contributed by atoms with Crippen LogP contribution in [0, 0.1) is 0 Å². The Balaban J connectivity index is 3.11. The molecule has 0 radical (unpaired) electrons. The molecule has 3 unspecified atom stereocenters. The highest BCUT2D eigenvalue weighted by molar-refractivity contribution is 6.20. The third-order valence-corrected chi connectivity index (χ3v) is 3.43. The summed E-state index contributed by atoms with van der Waals surface area (Å²) in [5.41, 5.74) is -1.09. The van der Waals surface area contributed by atoms with Gasteiger partial charge >= 0.3 is 17.9 Å². The Hall–Kier alpha value is -1.87. The molecule has 0 aliphatic carbocycles.